The number of alkyl halides is 1. The maximum absolute atomic E-state index is 12.7. The summed E-state index contributed by atoms with van der Waals surface area (Å²) in [5.74, 6) is 0.700. The van der Waals surface area contributed by atoms with E-state index in [4.69, 9.17) is 0 Å². The molecule has 3 heteroatoms. The second-order valence-electron chi connectivity index (χ2n) is 6.26. The van der Waals surface area contributed by atoms with Crippen molar-refractivity contribution in [3.63, 3.8) is 0 Å². The maximum atomic E-state index is 12.7. The first-order chi connectivity index (χ1) is 8.91. The van der Waals surface area contributed by atoms with Crippen LogP contribution in [0.25, 0.3) is 0 Å². The fourth-order valence-electron chi connectivity index (χ4n) is 3.06. The molecule has 2 rings (SSSR count). The third-order valence-electron chi connectivity index (χ3n) is 5.15. The predicted octanol–water partition coefficient (Wildman–Crippen LogP) is 4.46. The van der Waals surface area contributed by atoms with E-state index in [-0.39, 0.29) is 16.7 Å². The minimum atomic E-state index is -0.304. The minimum absolute atomic E-state index is 0.00929. The average Bonchev–Trinajstić information content (AvgIpc) is 2.62. The molecule has 0 bridgehead atoms. The first-order valence-electron chi connectivity index (χ1n) is 6.84. The van der Waals surface area contributed by atoms with Crippen LogP contribution in [0.15, 0.2) is 30.3 Å². The molecule has 19 heavy (non-hydrogen) atoms. The summed E-state index contributed by atoms with van der Waals surface area (Å²) < 4.78 is 0. The van der Waals surface area contributed by atoms with E-state index < -0.39 is 0 Å². The third-order valence-corrected chi connectivity index (χ3v) is 5.94. The highest BCUT2D eigenvalue weighted by molar-refractivity contribution is 9.09. The molecule has 1 saturated carbocycles. The fourth-order valence-corrected chi connectivity index (χ4v) is 4.20. The highest BCUT2D eigenvalue weighted by Crippen LogP contribution is 2.56. The van der Waals surface area contributed by atoms with Crippen LogP contribution in [0.4, 0.5) is 5.69 Å². The van der Waals surface area contributed by atoms with Crippen molar-refractivity contribution in [3.05, 3.63) is 30.3 Å². The van der Waals surface area contributed by atoms with Crippen molar-refractivity contribution in [2.45, 2.75) is 33.6 Å². The third kappa shape index (κ3) is 2.45. The van der Waals surface area contributed by atoms with Crippen LogP contribution in [0.3, 0.4) is 0 Å². The van der Waals surface area contributed by atoms with Crippen LogP contribution in [-0.4, -0.2) is 11.2 Å². The standard InChI is InChI=1S/C16H22BrNO/c1-15(2)12(11-17)9-10-16(15,3)14(19)18-13-7-5-4-6-8-13/h4-8,12H,9-11H2,1-3H3,(H,18,19). The number of nitrogens with one attached hydrogen (secondary N) is 1. The monoisotopic (exact) mass is 323 g/mol. The molecule has 1 aliphatic carbocycles. The SMILES string of the molecule is CC1(C(=O)Nc2ccccc2)CCC(CBr)C1(C)C. The first-order valence-corrected chi connectivity index (χ1v) is 7.96. The number of para-hydroxylation sites is 1. The molecule has 1 aromatic rings. The van der Waals surface area contributed by atoms with E-state index in [1.165, 1.54) is 0 Å². The number of halogens is 1. The molecule has 1 N–H and O–H groups in total. The van der Waals surface area contributed by atoms with Crippen molar-refractivity contribution in [1.29, 1.82) is 0 Å². The molecule has 1 amide bonds. The van der Waals surface area contributed by atoms with Gasteiger partial charge in [0.1, 0.15) is 0 Å². The lowest BCUT2D eigenvalue weighted by atomic mass is 9.65. The van der Waals surface area contributed by atoms with Crippen molar-refractivity contribution in [3.8, 4) is 0 Å². The van der Waals surface area contributed by atoms with Gasteiger partial charge in [0.05, 0.1) is 5.41 Å². The molecular weight excluding hydrogens is 302 g/mol. The molecule has 0 spiro atoms. The van der Waals surface area contributed by atoms with Crippen molar-refractivity contribution < 1.29 is 4.79 Å². The molecule has 0 saturated heterocycles. The first kappa shape index (κ1) is 14.6. The average molecular weight is 324 g/mol. The summed E-state index contributed by atoms with van der Waals surface area (Å²) in [6, 6.07) is 9.71. The Labute approximate surface area is 124 Å². The van der Waals surface area contributed by atoms with Gasteiger partial charge in [0.25, 0.3) is 0 Å². The van der Waals surface area contributed by atoms with Gasteiger partial charge < -0.3 is 5.32 Å². The number of rotatable bonds is 3. The van der Waals surface area contributed by atoms with Gasteiger partial charge in [-0.15, -0.1) is 0 Å². The number of hydrogen-bond donors (Lipinski definition) is 1. The summed E-state index contributed by atoms with van der Waals surface area (Å²) in [6.45, 7) is 6.54. The highest BCUT2D eigenvalue weighted by atomic mass is 79.9. The van der Waals surface area contributed by atoms with Crippen LogP contribution in [0.5, 0.6) is 0 Å². The van der Waals surface area contributed by atoms with E-state index in [0.29, 0.717) is 5.92 Å². The Kier molecular flexibility index (Phi) is 4.05. The van der Waals surface area contributed by atoms with Crippen molar-refractivity contribution in [2.75, 3.05) is 10.6 Å². The maximum Gasteiger partial charge on any atom is 0.230 e. The van der Waals surface area contributed by atoms with Gasteiger partial charge in [-0.2, -0.15) is 0 Å². The molecule has 0 radical (unpaired) electrons. The van der Waals surface area contributed by atoms with E-state index >= 15 is 0 Å². The number of amides is 1. The molecule has 2 unspecified atom stereocenters. The normalized spacial score (nSPS) is 29.2. The second kappa shape index (κ2) is 5.28. The Hall–Kier alpha value is -0.830. The predicted molar refractivity (Wildman–Crippen MR) is 83.5 cm³/mol. The van der Waals surface area contributed by atoms with Crippen molar-refractivity contribution >= 4 is 27.5 Å². The number of carbonyl (C=O) groups excluding carboxylic acids is 1. The van der Waals surface area contributed by atoms with Crippen molar-refractivity contribution in [2.24, 2.45) is 16.7 Å². The van der Waals surface area contributed by atoms with Crippen LogP contribution < -0.4 is 5.32 Å². The van der Waals surface area contributed by atoms with Gasteiger partial charge in [-0.25, -0.2) is 0 Å². The van der Waals surface area contributed by atoms with Crippen LogP contribution in [0.1, 0.15) is 33.6 Å². The Bertz CT molecular complexity index is 457. The van der Waals surface area contributed by atoms with Gasteiger partial charge in [-0.3, -0.25) is 4.79 Å². The molecule has 1 fully saturated rings. The van der Waals surface area contributed by atoms with Gasteiger partial charge in [-0.05, 0) is 36.3 Å². The Morgan fingerprint density at radius 3 is 2.47 bits per heavy atom. The topological polar surface area (TPSA) is 29.1 Å². The van der Waals surface area contributed by atoms with Gasteiger partial charge >= 0.3 is 0 Å². The lowest BCUT2D eigenvalue weighted by Crippen LogP contribution is -2.44. The van der Waals surface area contributed by atoms with E-state index in [2.05, 4.69) is 42.0 Å². The van der Waals surface area contributed by atoms with Crippen LogP contribution in [0, 0.1) is 16.7 Å². The summed E-state index contributed by atoms with van der Waals surface area (Å²) in [7, 11) is 0. The number of carbonyl (C=O) groups is 1. The van der Waals surface area contributed by atoms with Gasteiger partial charge in [0.15, 0.2) is 0 Å². The summed E-state index contributed by atoms with van der Waals surface area (Å²) in [5.41, 5.74) is 0.586. The molecule has 1 aromatic carbocycles. The second-order valence-corrected chi connectivity index (χ2v) is 6.91. The quantitative estimate of drug-likeness (QED) is 0.817. The largest absolute Gasteiger partial charge is 0.326 e. The van der Waals surface area contributed by atoms with Gasteiger partial charge in [0, 0.05) is 11.0 Å². The molecule has 2 nitrogen and oxygen atoms in total. The summed E-state index contributed by atoms with van der Waals surface area (Å²) in [5, 5.41) is 4.04. The highest BCUT2D eigenvalue weighted by Gasteiger charge is 2.55. The zero-order valence-corrected chi connectivity index (χ0v) is 13.5. The number of anilines is 1. The van der Waals surface area contributed by atoms with E-state index in [1.54, 1.807) is 0 Å². The zero-order valence-electron chi connectivity index (χ0n) is 11.9. The zero-order chi connectivity index (χ0) is 14.1. The number of benzene rings is 1. The van der Waals surface area contributed by atoms with E-state index in [0.717, 1.165) is 23.9 Å². The lowest BCUT2D eigenvalue weighted by Gasteiger charge is -2.40. The summed E-state index contributed by atoms with van der Waals surface area (Å²) >= 11 is 3.59. The van der Waals surface area contributed by atoms with E-state index in [9.17, 15) is 4.79 Å². The minimum Gasteiger partial charge on any atom is -0.326 e. The molecule has 0 aliphatic heterocycles. The Morgan fingerprint density at radius 1 is 1.32 bits per heavy atom. The number of hydrogen-bond acceptors (Lipinski definition) is 1. The lowest BCUT2D eigenvalue weighted by molar-refractivity contribution is -0.130. The molecular formula is C16H22BrNO. The summed E-state index contributed by atoms with van der Waals surface area (Å²) in [6.07, 6.45) is 2.06. The molecule has 2 atom stereocenters. The molecule has 0 aromatic heterocycles. The fraction of sp³-hybridized carbons (Fsp3) is 0.562. The van der Waals surface area contributed by atoms with Gasteiger partial charge in [-0.1, -0.05) is 54.9 Å². The van der Waals surface area contributed by atoms with E-state index in [1.807, 2.05) is 30.3 Å². The molecule has 0 heterocycles. The van der Waals surface area contributed by atoms with Crippen LogP contribution in [0.2, 0.25) is 0 Å². The molecule has 104 valence electrons. The van der Waals surface area contributed by atoms with Gasteiger partial charge in [0.2, 0.25) is 5.91 Å². The Balaban J connectivity index is 2.19. The Morgan fingerprint density at radius 2 is 1.95 bits per heavy atom. The molecule has 1 aliphatic rings. The summed E-state index contributed by atoms with van der Waals surface area (Å²) in [4.78, 5) is 12.7. The van der Waals surface area contributed by atoms with Crippen molar-refractivity contribution in [1.82, 2.24) is 0 Å². The van der Waals surface area contributed by atoms with Crippen LogP contribution in [-0.2, 0) is 4.79 Å². The smallest absolute Gasteiger partial charge is 0.230 e. The van der Waals surface area contributed by atoms with Crippen LogP contribution >= 0.6 is 15.9 Å².